The summed E-state index contributed by atoms with van der Waals surface area (Å²) in [5, 5.41) is 2.03. The zero-order valence-electron chi connectivity index (χ0n) is 5.96. The lowest BCUT2D eigenvalue weighted by molar-refractivity contribution is 0.652. The number of thiazole rings is 1. The number of hydrogen-bond donors (Lipinski definition) is 0. The van der Waals surface area contributed by atoms with Gasteiger partial charge in [-0.25, -0.2) is 4.98 Å². The molecule has 1 heterocycles. The summed E-state index contributed by atoms with van der Waals surface area (Å²) in [6.07, 6.45) is 0.899. The molecular formula is C7H9Cl2NS. The van der Waals surface area contributed by atoms with E-state index in [0.29, 0.717) is 17.7 Å². The summed E-state index contributed by atoms with van der Waals surface area (Å²) in [6.45, 7) is 0. The van der Waals surface area contributed by atoms with Crippen molar-refractivity contribution in [3.63, 3.8) is 0 Å². The van der Waals surface area contributed by atoms with Crippen molar-refractivity contribution < 1.29 is 0 Å². The molecule has 4 heteroatoms. The average molecular weight is 210 g/mol. The minimum absolute atomic E-state index is 0.362. The molecule has 0 radical (unpaired) electrons. The second-order valence-corrected chi connectivity index (χ2v) is 3.69. The molecule has 0 fully saturated rings. The van der Waals surface area contributed by atoms with Gasteiger partial charge < -0.3 is 0 Å². The number of halogens is 2. The van der Waals surface area contributed by atoms with E-state index >= 15 is 0 Å². The Hall–Kier alpha value is 0.210. The zero-order chi connectivity index (χ0) is 8.10. The predicted octanol–water partition coefficient (Wildman–Crippen LogP) is 2.78. The third-order valence-corrected chi connectivity index (χ3v) is 2.93. The quantitative estimate of drug-likeness (QED) is 0.696. The van der Waals surface area contributed by atoms with Crippen LogP contribution >= 0.6 is 34.5 Å². The van der Waals surface area contributed by atoms with E-state index in [1.807, 2.05) is 10.9 Å². The molecule has 0 aliphatic carbocycles. The fourth-order valence-corrected chi connectivity index (χ4v) is 1.90. The normalized spacial score (nSPS) is 10.8. The van der Waals surface area contributed by atoms with Gasteiger partial charge in [0, 0.05) is 17.1 Å². The lowest BCUT2D eigenvalue weighted by Gasteiger charge is -2.06. The number of hydrogen-bond acceptors (Lipinski definition) is 2. The number of alkyl halides is 2. The molecule has 1 aromatic rings. The van der Waals surface area contributed by atoms with Gasteiger partial charge in [-0.05, 0) is 12.3 Å². The molecular weight excluding hydrogens is 201 g/mol. The second-order valence-electron chi connectivity index (χ2n) is 2.36. The van der Waals surface area contributed by atoms with Crippen LogP contribution in [0.4, 0.5) is 0 Å². The Kier molecular flexibility index (Phi) is 4.20. The van der Waals surface area contributed by atoms with E-state index in [4.69, 9.17) is 23.2 Å². The Morgan fingerprint density at radius 1 is 1.45 bits per heavy atom. The summed E-state index contributed by atoms with van der Waals surface area (Å²) in [4.78, 5) is 4.15. The highest BCUT2D eigenvalue weighted by Gasteiger charge is 2.07. The van der Waals surface area contributed by atoms with Crippen LogP contribution in [0.2, 0.25) is 0 Å². The predicted molar refractivity (Wildman–Crippen MR) is 50.7 cm³/mol. The maximum Gasteiger partial charge on any atom is 0.0794 e. The van der Waals surface area contributed by atoms with Crippen molar-refractivity contribution in [3.8, 4) is 0 Å². The van der Waals surface area contributed by atoms with E-state index in [9.17, 15) is 0 Å². The van der Waals surface area contributed by atoms with Crippen LogP contribution in [0.5, 0.6) is 0 Å². The van der Waals surface area contributed by atoms with Crippen molar-refractivity contribution in [2.75, 3.05) is 11.8 Å². The van der Waals surface area contributed by atoms with E-state index in [2.05, 4.69) is 4.98 Å². The topological polar surface area (TPSA) is 12.9 Å². The molecule has 0 saturated carbocycles. The lowest BCUT2D eigenvalue weighted by Crippen LogP contribution is -2.07. The van der Waals surface area contributed by atoms with Gasteiger partial charge in [0.25, 0.3) is 0 Å². The van der Waals surface area contributed by atoms with E-state index in [-0.39, 0.29) is 0 Å². The maximum absolute atomic E-state index is 5.68. The van der Waals surface area contributed by atoms with Crippen LogP contribution in [0.1, 0.15) is 5.69 Å². The van der Waals surface area contributed by atoms with Gasteiger partial charge in [0.1, 0.15) is 0 Å². The molecule has 0 amide bonds. The van der Waals surface area contributed by atoms with Crippen molar-refractivity contribution >= 4 is 34.5 Å². The van der Waals surface area contributed by atoms with Gasteiger partial charge in [-0.3, -0.25) is 0 Å². The first kappa shape index (κ1) is 9.30. The highest BCUT2D eigenvalue weighted by Crippen LogP contribution is 2.11. The minimum atomic E-state index is 0.362. The van der Waals surface area contributed by atoms with E-state index in [0.717, 1.165) is 12.1 Å². The molecule has 1 nitrogen and oxygen atoms in total. The Labute approximate surface area is 80.4 Å². The van der Waals surface area contributed by atoms with Crippen molar-refractivity contribution in [2.24, 2.45) is 5.92 Å². The van der Waals surface area contributed by atoms with Gasteiger partial charge in [0.05, 0.1) is 11.2 Å². The van der Waals surface area contributed by atoms with Crippen LogP contribution in [0.15, 0.2) is 10.9 Å². The summed E-state index contributed by atoms with van der Waals surface area (Å²) in [7, 11) is 0. The van der Waals surface area contributed by atoms with Crippen molar-refractivity contribution in [2.45, 2.75) is 6.42 Å². The second kappa shape index (κ2) is 4.96. The monoisotopic (exact) mass is 209 g/mol. The SMILES string of the molecule is ClCC(CCl)Cc1cscn1. The summed E-state index contributed by atoms with van der Waals surface area (Å²) in [5.41, 5.74) is 2.93. The molecule has 11 heavy (non-hydrogen) atoms. The van der Waals surface area contributed by atoms with Crippen LogP contribution in [-0.2, 0) is 6.42 Å². The van der Waals surface area contributed by atoms with E-state index < -0.39 is 0 Å². The third-order valence-electron chi connectivity index (χ3n) is 1.42. The molecule has 62 valence electrons. The van der Waals surface area contributed by atoms with Gasteiger partial charge in [0.15, 0.2) is 0 Å². The van der Waals surface area contributed by atoms with Crippen molar-refractivity contribution in [3.05, 3.63) is 16.6 Å². The first-order valence-corrected chi connectivity index (χ1v) is 5.37. The number of aromatic nitrogens is 1. The van der Waals surface area contributed by atoms with Gasteiger partial charge in [-0.1, -0.05) is 0 Å². The minimum Gasteiger partial charge on any atom is -0.250 e. The van der Waals surface area contributed by atoms with E-state index in [1.165, 1.54) is 0 Å². The zero-order valence-corrected chi connectivity index (χ0v) is 8.29. The van der Waals surface area contributed by atoms with Crippen LogP contribution in [-0.4, -0.2) is 16.7 Å². The highest BCUT2D eigenvalue weighted by molar-refractivity contribution is 7.07. The molecule has 0 aliphatic heterocycles. The highest BCUT2D eigenvalue weighted by atomic mass is 35.5. The van der Waals surface area contributed by atoms with Crippen LogP contribution in [0.3, 0.4) is 0 Å². The Morgan fingerprint density at radius 2 is 2.18 bits per heavy atom. The fraction of sp³-hybridized carbons (Fsp3) is 0.571. The summed E-state index contributed by atoms with van der Waals surface area (Å²) < 4.78 is 0. The maximum atomic E-state index is 5.68. The summed E-state index contributed by atoms with van der Waals surface area (Å²) in [6, 6.07) is 0. The summed E-state index contributed by atoms with van der Waals surface area (Å²) in [5.74, 6) is 1.59. The summed E-state index contributed by atoms with van der Waals surface area (Å²) >= 11 is 13.0. The fourth-order valence-electron chi connectivity index (χ4n) is 0.784. The molecule has 0 unspecified atom stereocenters. The molecule has 0 N–H and O–H groups in total. The first-order valence-electron chi connectivity index (χ1n) is 3.35. The molecule has 0 aromatic carbocycles. The largest absolute Gasteiger partial charge is 0.250 e. The molecule has 0 bridgehead atoms. The number of rotatable bonds is 4. The lowest BCUT2D eigenvalue weighted by atomic mass is 10.1. The third kappa shape index (κ3) is 2.97. The average Bonchev–Trinajstić information content (AvgIpc) is 2.52. The molecule has 0 atom stereocenters. The molecule has 0 saturated heterocycles. The smallest absolute Gasteiger partial charge is 0.0794 e. The van der Waals surface area contributed by atoms with Gasteiger partial charge in [0.2, 0.25) is 0 Å². The van der Waals surface area contributed by atoms with Crippen LogP contribution in [0, 0.1) is 5.92 Å². The van der Waals surface area contributed by atoms with Gasteiger partial charge >= 0.3 is 0 Å². The first-order chi connectivity index (χ1) is 5.36. The van der Waals surface area contributed by atoms with E-state index in [1.54, 1.807) is 11.3 Å². The van der Waals surface area contributed by atoms with Crippen molar-refractivity contribution in [1.82, 2.24) is 4.98 Å². The number of nitrogens with zero attached hydrogens (tertiary/aromatic N) is 1. The molecule has 1 aromatic heterocycles. The van der Waals surface area contributed by atoms with Gasteiger partial charge in [-0.2, -0.15) is 0 Å². The molecule has 0 spiro atoms. The Bertz CT molecular complexity index is 184. The van der Waals surface area contributed by atoms with Gasteiger partial charge in [-0.15, -0.1) is 34.5 Å². The molecule has 0 aliphatic rings. The standard InChI is InChI=1S/C7H9Cl2NS/c8-2-6(3-9)1-7-4-11-5-10-7/h4-6H,1-3H2. The van der Waals surface area contributed by atoms with Crippen LogP contribution in [0.25, 0.3) is 0 Å². The Morgan fingerprint density at radius 3 is 2.64 bits per heavy atom. The van der Waals surface area contributed by atoms with Crippen molar-refractivity contribution in [1.29, 1.82) is 0 Å². The van der Waals surface area contributed by atoms with Crippen LogP contribution < -0.4 is 0 Å². The molecule has 1 rings (SSSR count). The Balaban J connectivity index is 2.41.